The monoisotopic (exact) mass is 254 g/mol. The molecule has 0 aromatic heterocycles. The summed E-state index contributed by atoms with van der Waals surface area (Å²) in [4.78, 5) is 14.0. The number of nitrogens with zero attached hydrogens (tertiary/aromatic N) is 1. The van der Waals surface area contributed by atoms with Crippen molar-refractivity contribution in [2.45, 2.75) is 19.4 Å². The van der Waals surface area contributed by atoms with Crippen molar-refractivity contribution in [3.63, 3.8) is 0 Å². The number of benzene rings is 1. The van der Waals surface area contributed by atoms with Gasteiger partial charge in [-0.05, 0) is 52.2 Å². The van der Waals surface area contributed by atoms with Gasteiger partial charge in [-0.15, -0.1) is 0 Å². The van der Waals surface area contributed by atoms with E-state index >= 15 is 0 Å². The van der Waals surface area contributed by atoms with E-state index in [9.17, 15) is 4.79 Å². The number of carbonyl (C=O) groups excluding carboxylic acids is 1. The minimum absolute atomic E-state index is 0.0754. The van der Waals surface area contributed by atoms with Crippen LogP contribution in [0.3, 0.4) is 0 Å². The number of halogens is 1. The molecule has 0 spiro atoms. The maximum Gasteiger partial charge on any atom is 0.251 e. The summed E-state index contributed by atoms with van der Waals surface area (Å²) < 4.78 is 0. The van der Waals surface area contributed by atoms with Crippen LogP contribution in [0.4, 0.5) is 0 Å². The average Bonchev–Trinajstić information content (AvgIpc) is 2.15. The van der Waals surface area contributed by atoms with Crippen molar-refractivity contribution in [1.82, 2.24) is 10.2 Å². The molecule has 17 heavy (non-hydrogen) atoms. The summed E-state index contributed by atoms with van der Waals surface area (Å²) in [5, 5.41) is 3.63. The van der Waals surface area contributed by atoms with E-state index in [-0.39, 0.29) is 11.4 Å². The van der Waals surface area contributed by atoms with Gasteiger partial charge in [0.25, 0.3) is 5.91 Å². The third-order valence-corrected chi connectivity index (χ3v) is 2.52. The van der Waals surface area contributed by atoms with Crippen LogP contribution in [0.2, 0.25) is 5.02 Å². The minimum Gasteiger partial charge on any atom is -0.346 e. The molecule has 0 saturated heterocycles. The van der Waals surface area contributed by atoms with Crippen LogP contribution >= 0.6 is 11.6 Å². The number of hydrogen-bond acceptors (Lipinski definition) is 2. The predicted molar refractivity (Wildman–Crippen MR) is 71.6 cm³/mol. The maximum atomic E-state index is 12.0. The summed E-state index contributed by atoms with van der Waals surface area (Å²) in [5.74, 6) is -0.0754. The average molecular weight is 255 g/mol. The first-order valence-corrected chi connectivity index (χ1v) is 5.91. The van der Waals surface area contributed by atoms with Gasteiger partial charge in [-0.25, -0.2) is 0 Å². The Morgan fingerprint density at radius 3 is 2.29 bits per heavy atom. The molecule has 1 aromatic rings. The molecular formula is C13H19ClN2O. The lowest BCUT2D eigenvalue weighted by molar-refractivity contribution is 0.0899. The SMILES string of the molecule is CN(C)CC(C)(C)NC(=O)c1ccc(Cl)cc1. The Labute approximate surface area is 108 Å². The van der Waals surface area contributed by atoms with E-state index in [1.54, 1.807) is 24.3 Å². The van der Waals surface area contributed by atoms with E-state index in [1.807, 2.05) is 32.8 Å². The van der Waals surface area contributed by atoms with E-state index in [0.29, 0.717) is 10.6 Å². The largest absolute Gasteiger partial charge is 0.346 e. The van der Waals surface area contributed by atoms with Crippen molar-refractivity contribution in [2.75, 3.05) is 20.6 Å². The zero-order chi connectivity index (χ0) is 13.1. The van der Waals surface area contributed by atoms with Crippen LogP contribution in [0.15, 0.2) is 24.3 Å². The standard InChI is InChI=1S/C13H19ClN2O/c1-13(2,9-16(3)4)15-12(17)10-5-7-11(14)8-6-10/h5-8H,9H2,1-4H3,(H,15,17). The van der Waals surface area contributed by atoms with Crippen LogP contribution in [0.25, 0.3) is 0 Å². The molecule has 0 aliphatic rings. The Balaban J connectivity index is 2.69. The van der Waals surface area contributed by atoms with Crippen LogP contribution < -0.4 is 5.32 Å². The smallest absolute Gasteiger partial charge is 0.251 e. The highest BCUT2D eigenvalue weighted by atomic mass is 35.5. The van der Waals surface area contributed by atoms with Gasteiger partial charge in [0.1, 0.15) is 0 Å². The number of rotatable bonds is 4. The molecule has 1 N–H and O–H groups in total. The van der Waals surface area contributed by atoms with E-state index in [0.717, 1.165) is 6.54 Å². The molecule has 94 valence electrons. The Morgan fingerprint density at radius 2 is 1.82 bits per heavy atom. The molecule has 0 aliphatic carbocycles. The van der Waals surface area contributed by atoms with E-state index in [4.69, 9.17) is 11.6 Å². The Kier molecular flexibility index (Phi) is 4.54. The zero-order valence-electron chi connectivity index (χ0n) is 10.7. The van der Waals surface area contributed by atoms with Crippen LogP contribution in [-0.4, -0.2) is 37.0 Å². The number of carbonyl (C=O) groups is 1. The third kappa shape index (κ3) is 4.75. The summed E-state index contributed by atoms with van der Waals surface area (Å²) in [6.45, 7) is 4.79. The normalized spacial score (nSPS) is 11.6. The molecule has 0 saturated carbocycles. The van der Waals surface area contributed by atoms with Crippen molar-refractivity contribution in [3.05, 3.63) is 34.9 Å². The van der Waals surface area contributed by atoms with Gasteiger partial charge in [-0.3, -0.25) is 4.79 Å². The lowest BCUT2D eigenvalue weighted by atomic mass is 10.0. The molecule has 0 fully saturated rings. The molecular weight excluding hydrogens is 236 g/mol. The molecule has 0 bridgehead atoms. The van der Waals surface area contributed by atoms with Crippen LogP contribution in [0, 0.1) is 0 Å². The highest BCUT2D eigenvalue weighted by Crippen LogP contribution is 2.11. The third-order valence-electron chi connectivity index (χ3n) is 2.27. The van der Waals surface area contributed by atoms with E-state index in [1.165, 1.54) is 0 Å². The molecule has 3 nitrogen and oxygen atoms in total. The maximum absolute atomic E-state index is 12.0. The summed E-state index contributed by atoms with van der Waals surface area (Å²) >= 11 is 5.78. The van der Waals surface area contributed by atoms with Gasteiger partial charge in [0.05, 0.1) is 0 Å². The highest BCUT2D eigenvalue weighted by molar-refractivity contribution is 6.30. The summed E-state index contributed by atoms with van der Waals surface area (Å²) in [6.07, 6.45) is 0. The zero-order valence-corrected chi connectivity index (χ0v) is 11.5. The van der Waals surface area contributed by atoms with E-state index in [2.05, 4.69) is 5.32 Å². The minimum atomic E-state index is -0.264. The predicted octanol–water partition coefficient (Wildman–Crippen LogP) is 2.41. The molecule has 0 aliphatic heterocycles. The van der Waals surface area contributed by atoms with Crippen LogP contribution in [0.1, 0.15) is 24.2 Å². The summed E-state index contributed by atoms with van der Waals surface area (Å²) in [7, 11) is 3.96. The first-order valence-electron chi connectivity index (χ1n) is 5.53. The van der Waals surface area contributed by atoms with Gasteiger partial charge in [-0.2, -0.15) is 0 Å². The quantitative estimate of drug-likeness (QED) is 0.895. The fourth-order valence-electron chi connectivity index (χ4n) is 1.81. The van der Waals surface area contributed by atoms with Crippen molar-refractivity contribution in [3.8, 4) is 0 Å². The summed E-state index contributed by atoms with van der Waals surface area (Å²) in [5.41, 5.74) is 0.362. The number of amides is 1. The molecule has 1 amide bonds. The summed E-state index contributed by atoms with van der Waals surface area (Å²) in [6, 6.07) is 6.89. The van der Waals surface area contributed by atoms with Crippen molar-refractivity contribution in [1.29, 1.82) is 0 Å². The van der Waals surface area contributed by atoms with Gasteiger partial charge >= 0.3 is 0 Å². The van der Waals surface area contributed by atoms with Gasteiger partial charge in [0, 0.05) is 22.7 Å². The molecule has 0 heterocycles. The van der Waals surface area contributed by atoms with Crippen molar-refractivity contribution in [2.24, 2.45) is 0 Å². The molecule has 0 atom stereocenters. The number of likely N-dealkylation sites (N-methyl/N-ethyl adjacent to an activating group) is 1. The van der Waals surface area contributed by atoms with E-state index < -0.39 is 0 Å². The Bertz CT molecular complexity index is 385. The van der Waals surface area contributed by atoms with Gasteiger partial charge in [0.2, 0.25) is 0 Å². The Hall–Kier alpha value is -1.06. The molecule has 1 rings (SSSR count). The first-order chi connectivity index (χ1) is 7.80. The lowest BCUT2D eigenvalue weighted by Gasteiger charge is -2.29. The van der Waals surface area contributed by atoms with Crippen molar-refractivity contribution >= 4 is 17.5 Å². The molecule has 0 radical (unpaired) electrons. The number of nitrogens with one attached hydrogen (secondary N) is 1. The molecule has 4 heteroatoms. The topological polar surface area (TPSA) is 32.3 Å². The van der Waals surface area contributed by atoms with Crippen LogP contribution in [0.5, 0.6) is 0 Å². The van der Waals surface area contributed by atoms with Crippen LogP contribution in [-0.2, 0) is 0 Å². The molecule has 1 aromatic carbocycles. The molecule has 0 unspecified atom stereocenters. The van der Waals surface area contributed by atoms with Crippen molar-refractivity contribution < 1.29 is 4.79 Å². The highest BCUT2D eigenvalue weighted by Gasteiger charge is 2.21. The fourth-order valence-corrected chi connectivity index (χ4v) is 1.94. The second-order valence-electron chi connectivity index (χ2n) is 5.08. The van der Waals surface area contributed by atoms with Gasteiger partial charge < -0.3 is 10.2 Å². The van der Waals surface area contributed by atoms with Gasteiger partial charge in [-0.1, -0.05) is 11.6 Å². The second kappa shape index (κ2) is 5.52. The number of hydrogen-bond donors (Lipinski definition) is 1. The lowest BCUT2D eigenvalue weighted by Crippen LogP contribution is -2.49. The fraction of sp³-hybridized carbons (Fsp3) is 0.462. The second-order valence-corrected chi connectivity index (χ2v) is 5.52. The first kappa shape index (κ1) is 14.0. The Morgan fingerprint density at radius 1 is 1.29 bits per heavy atom. The van der Waals surface area contributed by atoms with Gasteiger partial charge in [0.15, 0.2) is 0 Å².